The maximum atomic E-state index is 12.3. The molecule has 7 heteroatoms. The molecule has 112 valence electrons. The topological polar surface area (TPSA) is 72.7 Å². The van der Waals surface area contributed by atoms with Gasteiger partial charge in [-0.3, -0.25) is 4.79 Å². The molecule has 3 rings (SSSR count). The highest BCUT2D eigenvalue weighted by Gasteiger charge is 2.19. The average Bonchev–Trinajstić information content (AvgIpc) is 3.08. The molecule has 1 N–H and O–H groups in total. The summed E-state index contributed by atoms with van der Waals surface area (Å²) in [6, 6.07) is 0.352. The van der Waals surface area contributed by atoms with E-state index in [1.165, 1.54) is 0 Å². The number of carbonyl (C=O) groups excluding carboxylic acids is 1. The van der Waals surface area contributed by atoms with Crippen molar-refractivity contribution in [3.63, 3.8) is 0 Å². The number of nitrogens with zero attached hydrogens (tertiary/aromatic N) is 4. The van der Waals surface area contributed by atoms with Crippen LogP contribution < -0.4 is 5.32 Å². The monoisotopic (exact) mass is 305 g/mol. The molecule has 0 spiro atoms. The Morgan fingerprint density at radius 3 is 2.86 bits per heavy atom. The summed E-state index contributed by atoms with van der Waals surface area (Å²) in [6.45, 7) is 5.97. The Hall–Kier alpha value is -1.60. The Labute approximate surface area is 127 Å². The fourth-order valence-electron chi connectivity index (χ4n) is 2.50. The van der Waals surface area contributed by atoms with Gasteiger partial charge in [0.25, 0.3) is 0 Å². The van der Waals surface area contributed by atoms with E-state index in [-0.39, 0.29) is 5.78 Å². The first-order valence-corrected chi connectivity index (χ1v) is 8.04. The summed E-state index contributed by atoms with van der Waals surface area (Å²) in [6.07, 6.45) is 4.15. The molecule has 0 aliphatic carbocycles. The molecule has 0 saturated carbocycles. The Bertz CT molecular complexity index is 622. The van der Waals surface area contributed by atoms with Gasteiger partial charge in [0, 0.05) is 4.88 Å². The highest BCUT2D eigenvalue weighted by molar-refractivity contribution is 7.11. The van der Waals surface area contributed by atoms with Gasteiger partial charge >= 0.3 is 0 Å². The molecule has 0 unspecified atom stereocenters. The summed E-state index contributed by atoms with van der Waals surface area (Å²) < 4.78 is 1.84. The standard InChI is InChI=1S/C14H19N5OS/c1-9-10(2)21-14(16-9)7-13(20)12-8-19(18-17-12)11-3-5-15-6-4-11/h8,11,15H,3-7H2,1-2H3. The lowest BCUT2D eigenvalue weighted by Crippen LogP contribution is -2.29. The molecule has 1 aliphatic rings. The van der Waals surface area contributed by atoms with Crippen LogP contribution >= 0.6 is 11.3 Å². The van der Waals surface area contributed by atoms with Gasteiger partial charge in [-0.15, -0.1) is 16.4 Å². The van der Waals surface area contributed by atoms with Crippen molar-refractivity contribution < 1.29 is 4.79 Å². The molecule has 21 heavy (non-hydrogen) atoms. The molecule has 0 atom stereocenters. The Kier molecular flexibility index (Phi) is 4.12. The third-order valence-corrected chi connectivity index (χ3v) is 4.94. The zero-order valence-electron chi connectivity index (χ0n) is 12.3. The van der Waals surface area contributed by atoms with Gasteiger partial charge in [-0.1, -0.05) is 5.21 Å². The summed E-state index contributed by atoms with van der Waals surface area (Å²) in [5.41, 5.74) is 1.44. The predicted octanol–water partition coefficient (Wildman–Crippen LogP) is 1.70. The second-order valence-corrected chi connectivity index (χ2v) is 6.70. The number of Topliss-reactive ketones (excluding diaryl/α,β-unsaturated/α-hetero) is 1. The van der Waals surface area contributed by atoms with Crippen LogP contribution in [0.4, 0.5) is 0 Å². The number of carbonyl (C=O) groups is 1. The molecular formula is C14H19N5OS. The molecule has 2 aromatic rings. The van der Waals surface area contributed by atoms with Crippen LogP contribution in [0.2, 0.25) is 0 Å². The smallest absolute Gasteiger partial charge is 0.191 e. The summed E-state index contributed by atoms with van der Waals surface area (Å²) in [5, 5.41) is 12.3. The lowest BCUT2D eigenvalue weighted by Gasteiger charge is -2.22. The minimum absolute atomic E-state index is 0.0102. The van der Waals surface area contributed by atoms with Gasteiger partial charge < -0.3 is 5.32 Å². The van der Waals surface area contributed by atoms with Crippen molar-refractivity contribution in [2.24, 2.45) is 0 Å². The molecule has 0 radical (unpaired) electrons. The van der Waals surface area contributed by atoms with Crippen LogP contribution in [-0.2, 0) is 6.42 Å². The van der Waals surface area contributed by atoms with Crippen LogP contribution in [0.25, 0.3) is 0 Å². The summed E-state index contributed by atoms with van der Waals surface area (Å²) in [4.78, 5) is 17.8. The summed E-state index contributed by atoms with van der Waals surface area (Å²) in [7, 11) is 0. The Balaban J connectivity index is 1.68. The van der Waals surface area contributed by atoms with Crippen molar-refractivity contribution in [2.45, 2.75) is 39.2 Å². The van der Waals surface area contributed by atoms with Gasteiger partial charge in [0.15, 0.2) is 5.78 Å². The van der Waals surface area contributed by atoms with E-state index in [1.807, 2.05) is 18.5 Å². The van der Waals surface area contributed by atoms with E-state index in [2.05, 4.69) is 20.6 Å². The van der Waals surface area contributed by atoms with E-state index in [0.717, 1.165) is 41.5 Å². The average molecular weight is 305 g/mol. The van der Waals surface area contributed by atoms with Crippen molar-refractivity contribution in [1.29, 1.82) is 0 Å². The number of hydrogen-bond donors (Lipinski definition) is 1. The zero-order valence-corrected chi connectivity index (χ0v) is 13.1. The maximum Gasteiger partial charge on any atom is 0.191 e. The van der Waals surface area contributed by atoms with E-state index < -0.39 is 0 Å². The van der Waals surface area contributed by atoms with E-state index in [4.69, 9.17) is 0 Å². The fourth-order valence-corrected chi connectivity index (χ4v) is 3.43. The molecule has 1 aliphatic heterocycles. The van der Waals surface area contributed by atoms with Crippen molar-refractivity contribution in [3.8, 4) is 0 Å². The number of thiazole rings is 1. The number of piperidine rings is 1. The van der Waals surface area contributed by atoms with Crippen molar-refractivity contribution in [3.05, 3.63) is 27.5 Å². The SMILES string of the molecule is Cc1nc(CC(=O)c2cn(C3CCNCC3)nn2)sc1C. The van der Waals surface area contributed by atoms with E-state index in [1.54, 1.807) is 17.5 Å². The maximum absolute atomic E-state index is 12.3. The molecule has 2 aromatic heterocycles. The van der Waals surface area contributed by atoms with Crippen molar-refractivity contribution in [2.75, 3.05) is 13.1 Å². The highest BCUT2D eigenvalue weighted by Crippen LogP contribution is 2.19. The molecule has 6 nitrogen and oxygen atoms in total. The van der Waals surface area contributed by atoms with Gasteiger partial charge in [0.1, 0.15) is 10.7 Å². The minimum Gasteiger partial charge on any atom is -0.317 e. The third kappa shape index (κ3) is 3.19. The molecular weight excluding hydrogens is 286 g/mol. The number of rotatable bonds is 4. The van der Waals surface area contributed by atoms with Crippen LogP contribution in [0.5, 0.6) is 0 Å². The second kappa shape index (κ2) is 6.03. The third-order valence-electron chi connectivity index (χ3n) is 3.86. The van der Waals surface area contributed by atoms with E-state index in [0.29, 0.717) is 18.2 Å². The van der Waals surface area contributed by atoms with E-state index >= 15 is 0 Å². The zero-order chi connectivity index (χ0) is 14.8. The van der Waals surface area contributed by atoms with Gasteiger partial charge in [-0.2, -0.15) is 0 Å². The van der Waals surface area contributed by atoms with Crippen LogP contribution in [0.15, 0.2) is 6.20 Å². The number of aryl methyl sites for hydroxylation is 2. The molecule has 0 amide bonds. The van der Waals surface area contributed by atoms with Crippen molar-refractivity contribution >= 4 is 17.1 Å². The fraction of sp³-hybridized carbons (Fsp3) is 0.571. The first kappa shape index (κ1) is 14.3. The summed E-state index contributed by atoms with van der Waals surface area (Å²) in [5.74, 6) is -0.0102. The number of hydrogen-bond acceptors (Lipinski definition) is 6. The van der Waals surface area contributed by atoms with Gasteiger partial charge in [0.2, 0.25) is 0 Å². The van der Waals surface area contributed by atoms with Crippen LogP contribution in [0.1, 0.15) is 45.0 Å². The minimum atomic E-state index is -0.0102. The second-order valence-electron chi connectivity index (χ2n) is 5.41. The highest BCUT2D eigenvalue weighted by atomic mass is 32.1. The lowest BCUT2D eigenvalue weighted by molar-refractivity contribution is 0.0988. The first-order valence-electron chi connectivity index (χ1n) is 7.22. The molecule has 0 bridgehead atoms. The first-order chi connectivity index (χ1) is 10.1. The molecule has 0 aromatic carbocycles. The van der Waals surface area contributed by atoms with Crippen LogP contribution in [0.3, 0.4) is 0 Å². The number of nitrogens with one attached hydrogen (secondary N) is 1. The van der Waals surface area contributed by atoms with E-state index in [9.17, 15) is 4.79 Å². The molecule has 3 heterocycles. The van der Waals surface area contributed by atoms with Crippen LogP contribution in [-0.4, -0.2) is 38.9 Å². The predicted molar refractivity (Wildman–Crippen MR) is 80.8 cm³/mol. The van der Waals surface area contributed by atoms with Crippen LogP contribution in [0, 0.1) is 13.8 Å². The molecule has 1 saturated heterocycles. The Morgan fingerprint density at radius 2 is 2.19 bits per heavy atom. The van der Waals surface area contributed by atoms with Gasteiger partial charge in [0.05, 0.1) is 24.4 Å². The van der Waals surface area contributed by atoms with Crippen molar-refractivity contribution in [1.82, 2.24) is 25.3 Å². The molecule has 1 fully saturated rings. The Morgan fingerprint density at radius 1 is 1.43 bits per heavy atom. The number of ketones is 1. The van der Waals surface area contributed by atoms with Gasteiger partial charge in [-0.25, -0.2) is 9.67 Å². The van der Waals surface area contributed by atoms with Gasteiger partial charge in [-0.05, 0) is 39.8 Å². The number of aromatic nitrogens is 4. The summed E-state index contributed by atoms with van der Waals surface area (Å²) >= 11 is 1.58. The quantitative estimate of drug-likeness (QED) is 0.870. The largest absolute Gasteiger partial charge is 0.317 e. The normalized spacial score (nSPS) is 16.3. The lowest BCUT2D eigenvalue weighted by atomic mass is 10.1.